The fourth-order valence-electron chi connectivity index (χ4n) is 3.62. The highest BCUT2D eigenvalue weighted by atomic mass is 35.5. The number of benzene rings is 2. The number of rotatable bonds is 3. The van der Waals surface area contributed by atoms with Crippen LogP contribution in [0.5, 0.6) is 0 Å². The Labute approximate surface area is 141 Å². The molecule has 0 spiro atoms. The van der Waals surface area contributed by atoms with E-state index in [1.54, 1.807) is 0 Å². The first-order valence-corrected chi connectivity index (χ1v) is 8.67. The number of nitrogens with one attached hydrogen (secondary N) is 2. The van der Waals surface area contributed by atoms with Gasteiger partial charge < -0.3 is 10.3 Å². The largest absolute Gasteiger partial charge is 0.357 e. The summed E-state index contributed by atoms with van der Waals surface area (Å²) in [5, 5.41) is 5.91. The van der Waals surface area contributed by atoms with Gasteiger partial charge in [-0.05, 0) is 61.6 Å². The van der Waals surface area contributed by atoms with Gasteiger partial charge in [0.2, 0.25) is 0 Å². The van der Waals surface area contributed by atoms with Crippen LogP contribution in [-0.2, 0) is 13.0 Å². The first kappa shape index (κ1) is 14.8. The average Bonchev–Trinajstić information content (AvgIpc) is 2.93. The van der Waals surface area contributed by atoms with Gasteiger partial charge in [-0.15, -0.1) is 0 Å². The normalized spacial score (nSPS) is 17.4. The van der Waals surface area contributed by atoms with E-state index in [1.165, 1.54) is 52.5 Å². The van der Waals surface area contributed by atoms with Crippen molar-refractivity contribution in [3.63, 3.8) is 0 Å². The third-order valence-electron chi connectivity index (χ3n) is 4.83. The van der Waals surface area contributed by atoms with E-state index >= 15 is 0 Å². The molecule has 1 aliphatic rings. The molecule has 0 amide bonds. The number of aromatic amines is 1. The fraction of sp³-hybridized carbons (Fsp3) is 0.300. The molecule has 3 aromatic rings. The molecular weight excluding hydrogens is 304 g/mol. The van der Waals surface area contributed by atoms with Gasteiger partial charge in [0.15, 0.2) is 0 Å². The fourth-order valence-corrected chi connectivity index (χ4v) is 3.75. The standard InChI is InChI=1S/C20H21ClN2/c1-13-5-10-18-17(11-13)16-3-2-4-19(20(16)23-18)22-12-14-6-8-15(21)9-7-14/h5-11,19,22-23H,2-4,12H2,1H3/t19-/m1/s1. The van der Waals surface area contributed by atoms with Gasteiger partial charge in [0.05, 0.1) is 0 Å². The van der Waals surface area contributed by atoms with Gasteiger partial charge in [0, 0.05) is 34.2 Å². The smallest absolute Gasteiger partial charge is 0.0478 e. The monoisotopic (exact) mass is 324 g/mol. The quantitative estimate of drug-likeness (QED) is 0.672. The molecular formula is C20H21ClN2. The molecule has 0 unspecified atom stereocenters. The van der Waals surface area contributed by atoms with E-state index in [1.807, 2.05) is 12.1 Å². The molecule has 0 saturated heterocycles. The van der Waals surface area contributed by atoms with Crippen LogP contribution in [0.1, 0.15) is 41.3 Å². The van der Waals surface area contributed by atoms with Gasteiger partial charge in [-0.2, -0.15) is 0 Å². The van der Waals surface area contributed by atoms with E-state index in [0.29, 0.717) is 6.04 Å². The molecule has 2 nitrogen and oxygen atoms in total. The van der Waals surface area contributed by atoms with Gasteiger partial charge >= 0.3 is 0 Å². The number of hydrogen-bond donors (Lipinski definition) is 2. The Morgan fingerprint density at radius 2 is 2.00 bits per heavy atom. The maximum atomic E-state index is 5.96. The van der Waals surface area contributed by atoms with Crippen LogP contribution < -0.4 is 5.32 Å². The topological polar surface area (TPSA) is 27.8 Å². The van der Waals surface area contributed by atoms with Gasteiger partial charge in [-0.1, -0.05) is 35.4 Å². The first-order valence-electron chi connectivity index (χ1n) is 8.29. The molecule has 2 aromatic carbocycles. The van der Waals surface area contributed by atoms with Crippen LogP contribution >= 0.6 is 11.6 Å². The van der Waals surface area contributed by atoms with Crippen molar-refractivity contribution >= 4 is 22.5 Å². The van der Waals surface area contributed by atoms with E-state index in [-0.39, 0.29) is 0 Å². The number of aromatic nitrogens is 1. The Bertz CT molecular complexity index is 833. The lowest BCUT2D eigenvalue weighted by Gasteiger charge is -2.24. The minimum absolute atomic E-state index is 0.405. The minimum atomic E-state index is 0.405. The molecule has 0 fully saturated rings. The second-order valence-corrected chi connectivity index (χ2v) is 6.95. The summed E-state index contributed by atoms with van der Waals surface area (Å²) in [6, 6.07) is 15.2. The highest BCUT2D eigenvalue weighted by Crippen LogP contribution is 2.35. The molecule has 23 heavy (non-hydrogen) atoms. The van der Waals surface area contributed by atoms with Crippen molar-refractivity contribution < 1.29 is 0 Å². The van der Waals surface area contributed by atoms with Crippen molar-refractivity contribution in [2.45, 2.75) is 38.8 Å². The number of hydrogen-bond acceptors (Lipinski definition) is 1. The summed E-state index contributed by atoms with van der Waals surface area (Å²) in [6.45, 7) is 3.04. The van der Waals surface area contributed by atoms with Crippen LogP contribution in [-0.4, -0.2) is 4.98 Å². The van der Waals surface area contributed by atoms with Crippen LogP contribution in [0.3, 0.4) is 0 Å². The third-order valence-corrected chi connectivity index (χ3v) is 5.08. The molecule has 1 heterocycles. The molecule has 0 saturated carbocycles. The Balaban J connectivity index is 1.60. The Morgan fingerprint density at radius 1 is 1.17 bits per heavy atom. The summed E-state index contributed by atoms with van der Waals surface area (Å²) >= 11 is 5.96. The van der Waals surface area contributed by atoms with Crippen molar-refractivity contribution in [1.29, 1.82) is 0 Å². The van der Waals surface area contributed by atoms with Crippen molar-refractivity contribution in [2.24, 2.45) is 0 Å². The third kappa shape index (κ3) is 2.89. The predicted molar refractivity (Wildman–Crippen MR) is 97.0 cm³/mol. The molecule has 1 aromatic heterocycles. The van der Waals surface area contributed by atoms with E-state index < -0.39 is 0 Å². The summed E-state index contributed by atoms with van der Waals surface area (Å²) in [5.74, 6) is 0. The summed E-state index contributed by atoms with van der Waals surface area (Å²) in [7, 11) is 0. The molecule has 3 heteroatoms. The lowest BCUT2D eigenvalue weighted by atomic mass is 9.91. The zero-order chi connectivity index (χ0) is 15.8. The molecule has 0 bridgehead atoms. The van der Waals surface area contributed by atoms with Crippen LogP contribution in [0.15, 0.2) is 42.5 Å². The van der Waals surface area contributed by atoms with Crippen LogP contribution in [0.2, 0.25) is 5.02 Å². The van der Waals surface area contributed by atoms with E-state index in [0.717, 1.165) is 11.6 Å². The van der Waals surface area contributed by atoms with Crippen molar-refractivity contribution in [3.05, 3.63) is 69.9 Å². The highest BCUT2D eigenvalue weighted by molar-refractivity contribution is 6.30. The van der Waals surface area contributed by atoms with Gasteiger partial charge in [0.25, 0.3) is 0 Å². The molecule has 2 N–H and O–H groups in total. The number of fused-ring (bicyclic) bond motifs is 3. The second-order valence-electron chi connectivity index (χ2n) is 6.52. The minimum Gasteiger partial charge on any atom is -0.357 e. The molecule has 0 radical (unpaired) electrons. The van der Waals surface area contributed by atoms with Crippen LogP contribution in [0.25, 0.3) is 10.9 Å². The Morgan fingerprint density at radius 3 is 2.83 bits per heavy atom. The Kier molecular flexibility index (Phi) is 3.88. The number of H-pyrrole nitrogens is 1. The van der Waals surface area contributed by atoms with Crippen molar-refractivity contribution in [3.8, 4) is 0 Å². The molecule has 1 aliphatic carbocycles. The molecule has 4 rings (SSSR count). The lowest BCUT2D eigenvalue weighted by Crippen LogP contribution is -2.24. The number of halogens is 1. The van der Waals surface area contributed by atoms with Gasteiger partial charge in [0.1, 0.15) is 0 Å². The van der Waals surface area contributed by atoms with Crippen LogP contribution in [0.4, 0.5) is 0 Å². The molecule has 118 valence electrons. The molecule has 1 atom stereocenters. The zero-order valence-corrected chi connectivity index (χ0v) is 14.1. The zero-order valence-electron chi connectivity index (χ0n) is 13.3. The summed E-state index contributed by atoms with van der Waals surface area (Å²) in [4.78, 5) is 3.66. The summed E-state index contributed by atoms with van der Waals surface area (Å²) in [6.07, 6.45) is 3.61. The van der Waals surface area contributed by atoms with Crippen molar-refractivity contribution in [1.82, 2.24) is 10.3 Å². The van der Waals surface area contributed by atoms with Gasteiger partial charge in [-0.3, -0.25) is 0 Å². The maximum absolute atomic E-state index is 5.96. The Hall–Kier alpha value is -1.77. The summed E-state index contributed by atoms with van der Waals surface area (Å²) < 4.78 is 0. The van der Waals surface area contributed by atoms with E-state index in [4.69, 9.17) is 11.6 Å². The SMILES string of the molecule is Cc1ccc2[nH]c3c(c2c1)CCC[C@H]3NCc1ccc(Cl)cc1. The van der Waals surface area contributed by atoms with E-state index in [2.05, 4.69) is 47.6 Å². The highest BCUT2D eigenvalue weighted by Gasteiger charge is 2.23. The second kappa shape index (κ2) is 6.03. The predicted octanol–water partition coefficient (Wildman–Crippen LogP) is 5.30. The van der Waals surface area contributed by atoms with Crippen LogP contribution in [0, 0.1) is 6.92 Å². The molecule has 0 aliphatic heterocycles. The van der Waals surface area contributed by atoms with Crippen molar-refractivity contribution in [2.75, 3.05) is 0 Å². The van der Waals surface area contributed by atoms with E-state index in [9.17, 15) is 0 Å². The maximum Gasteiger partial charge on any atom is 0.0478 e. The average molecular weight is 325 g/mol. The summed E-state index contributed by atoms with van der Waals surface area (Å²) in [5.41, 5.74) is 6.75. The lowest BCUT2D eigenvalue weighted by molar-refractivity contribution is 0.452. The number of aryl methyl sites for hydroxylation is 2. The van der Waals surface area contributed by atoms with Gasteiger partial charge in [-0.25, -0.2) is 0 Å². The first-order chi connectivity index (χ1) is 11.2.